The minimum atomic E-state index is 0.333. The standard InChI is InChI=1S/C15H15N5S/c1-2-5-12-11(4-1)14(18-10-8-16-17-9-10)20-15(19-12)13-6-3-7-21-13/h1-7,10,16-17H,8-9H2,(H,18,19,20). The average molecular weight is 297 g/mol. The number of para-hydroxylation sites is 1. The first-order valence-electron chi connectivity index (χ1n) is 6.93. The Labute approximate surface area is 126 Å². The van der Waals surface area contributed by atoms with Crippen LogP contribution >= 0.6 is 11.3 Å². The summed E-state index contributed by atoms with van der Waals surface area (Å²) in [6.45, 7) is 1.76. The molecule has 0 spiro atoms. The summed E-state index contributed by atoms with van der Waals surface area (Å²) < 4.78 is 0. The second-order valence-electron chi connectivity index (χ2n) is 4.99. The normalized spacial score (nSPS) is 15.6. The third-order valence-corrected chi connectivity index (χ3v) is 4.37. The highest BCUT2D eigenvalue weighted by atomic mass is 32.1. The molecule has 1 saturated heterocycles. The molecule has 3 heterocycles. The van der Waals surface area contributed by atoms with Gasteiger partial charge in [-0.1, -0.05) is 18.2 Å². The fraction of sp³-hybridized carbons (Fsp3) is 0.200. The number of hydrogen-bond donors (Lipinski definition) is 3. The molecule has 3 aromatic rings. The summed E-state index contributed by atoms with van der Waals surface area (Å²) in [5.41, 5.74) is 7.23. The lowest BCUT2D eigenvalue weighted by Crippen LogP contribution is -2.25. The van der Waals surface area contributed by atoms with Crippen molar-refractivity contribution in [3.8, 4) is 10.7 Å². The molecule has 0 bridgehead atoms. The van der Waals surface area contributed by atoms with Crippen molar-refractivity contribution >= 4 is 28.1 Å². The van der Waals surface area contributed by atoms with Crippen molar-refractivity contribution in [1.29, 1.82) is 0 Å². The van der Waals surface area contributed by atoms with Gasteiger partial charge in [0.25, 0.3) is 0 Å². The molecule has 1 aromatic carbocycles. The van der Waals surface area contributed by atoms with Crippen LogP contribution in [-0.4, -0.2) is 29.1 Å². The van der Waals surface area contributed by atoms with Crippen LogP contribution in [0.2, 0.25) is 0 Å². The summed E-state index contributed by atoms with van der Waals surface area (Å²) in [6, 6.07) is 12.5. The minimum Gasteiger partial charge on any atom is -0.364 e. The molecule has 1 aliphatic rings. The summed E-state index contributed by atoms with van der Waals surface area (Å²) in [5, 5.41) is 6.62. The predicted molar refractivity (Wildman–Crippen MR) is 86.3 cm³/mol. The van der Waals surface area contributed by atoms with Gasteiger partial charge in [-0.15, -0.1) is 11.3 Å². The van der Waals surface area contributed by atoms with Crippen molar-refractivity contribution in [3.63, 3.8) is 0 Å². The van der Waals surface area contributed by atoms with Gasteiger partial charge in [-0.25, -0.2) is 9.97 Å². The Bertz CT molecular complexity index is 750. The Morgan fingerprint density at radius 3 is 2.71 bits per heavy atom. The first-order valence-corrected chi connectivity index (χ1v) is 7.81. The highest BCUT2D eigenvalue weighted by Gasteiger charge is 2.17. The van der Waals surface area contributed by atoms with Crippen molar-refractivity contribution in [2.75, 3.05) is 18.4 Å². The molecule has 0 unspecified atom stereocenters. The zero-order valence-electron chi connectivity index (χ0n) is 11.3. The first kappa shape index (κ1) is 12.7. The number of anilines is 1. The van der Waals surface area contributed by atoms with Gasteiger partial charge in [0.15, 0.2) is 5.82 Å². The molecule has 2 aromatic heterocycles. The average Bonchev–Trinajstić information content (AvgIpc) is 3.20. The van der Waals surface area contributed by atoms with Crippen molar-refractivity contribution in [1.82, 2.24) is 20.8 Å². The number of aromatic nitrogens is 2. The number of benzene rings is 1. The van der Waals surface area contributed by atoms with E-state index in [4.69, 9.17) is 4.98 Å². The lowest BCUT2D eigenvalue weighted by atomic mass is 10.2. The summed E-state index contributed by atoms with van der Waals surface area (Å²) in [6.07, 6.45) is 0. The van der Waals surface area contributed by atoms with Gasteiger partial charge < -0.3 is 5.32 Å². The van der Waals surface area contributed by atoms with Gasteiger partial charge in [0.05, 0.1) is 16.4 Å². The fourth-order valence-corrected chi connectivity index (χ4v) is 3.12. The quantitative estimate of drug-likeness (QED) is 0.692. The zero-order valence-corrected chi connectivity index (χ0v) is 12.2. The number of hydrazine groups is 1. The molecule has 21 heavy (non-hydrogen) atoms. The zero-order chi connectivity index (χ0) is 14.1. The van der Waals surface area contributed by atoms with E-state index in [1.807, 2.05) is 29.6 Å². The molecular weight excluding hydrogens is 282 g/mol. The van der Waals surface area contributed by atoms with Crippen LogP contribution < -0.4 is 16.2 Å². The van der Waals surface area contributed by atoms with E-state index >= 15 is 0 Å². The van der Waals surface area contributed by atoms with E-state index in [2.05, 4.69) is 33.3 Å². The van der Waals surface area contributed by atoms with Crippen LogP contribution in [0.15, 0.2) is 41.8 Å². The highest BCUT2D eigenvalue weighted by Crippen LogP contribution is 2.27. The van der Waals surface area contributed by atoms with Gasteiger partial charge in [-0.05, 0) is 23.6 Å². The Hall–Kier alpha value is -2.02. The van der Waals surface area contributed by atoms with Crippen LogP contribution in [0.1, 0.15) is 0 Å². The van der Waals surface area contributed by atoms with Gasteiger partial charge in [-0.3, -0.25) is 10.9 Å². The van der Waals surface area contributed by atoms with Gasteiger partial charge >= 0.3 is 0 Å². The fourth-order valence-electron chi connectivity index (χ4n) is 2.46. The van der Waals surface area contributed by atoms with Gasteiger partial charge in [-0.2, -0.15) is 0 Å². The Kier molecular flexibility index (Phi) is 3.27. The molecule has 0 saturated carbocycles. The van der Waals surface area contributed by atoms with Crippen molar-refractivity contribution in [3.05, 3.63) is 41.8 Å². The van der Waals surface area contributed by atoms with Crippen LogP contribution in [0.25, 0.3) is 21.6 Å². The monoisotopic (exact) mass is 297 g/mol. The van der Waals surface area contributed by atoms with E-state index < -0.39 is 0 Å². The molecule has 3 N–H and O–H groups in total. The van der Waals surface area contributed by atoms with Crippen LogP contribution in [0.5, 0.6) is 0 Å². The lowest BCUT2D eigenvalue weighted by molar-refractivity contribution is 0.689. The summed E-state index contributed by atoms with van der Waals surface area (Å²) >= 11 is 1.66. The maximum Gasteiger partial charge on any atom is 0.172 e. The molecule has 0 aliphatic carbocycles. The van der Waals surface area contributed by atoms with E-state index in [0.717, 1.165) is 40.5 Å². The largest absolute Gasteiger partial charge is 0.364 e. The van der Waals surface area contributed by atoms with Crippen LogP contribution in [0, 0.1) is 0 Å². The van der Waals surface area contributed by atoms with Crippen molar-refractivity contribution < 1.29 is 0 Å². The van der Waals surface area contributed by atoms with E-state index in [0.29, 0.717) is 6.04 Å². The predicted octanol–water partition coefficient (Wildman–Crippen LogP) is 2.25. The third-order valence-electron chi connectivity index (χ3n) is 3.51. The van der Waals surface area contributed by atoms with E-state index in [1.165, 1.54) is 0 Å². The Balaban J connectivity index is 1.82. The summed E-state index contributed by atoms with van der Waals surface area (Å²) in [7, 11) is 0. The molecular formula is C15H15N5S. The third kappa shape index (κ3) is 2.49. The molecule has 6 heteroatoms. The van der Waals surface area contributed by atoms with E-state index in [1.54, 1.807) is 11.3 Å². The summed E-state index contributed by atoms with van der Waals surface area (Å²) in [4.78, 5) is 10.5. The first-order chi connectivity index (χ1) is 10.4. The SMILES string of the molecule is c1csc(-c2nc(NC3CNNC3)c3ccccc3n2)c1. The lowest BCUT2D eigenvalue weighted by Gasteiger charge is -2.14. The summed E-state index contributed by atoms with van der Waals surface area (Å²) in [5.74, 6) is 1.68. The van der Waals surface area contributed by atoms with E-state index in [9.17, 15) is 0 Å². The number of nitrogens with zero attached hydrogens (tertiary/aromatic N) is 2. The second kappa shape index (κ2) is 5.40. The van der Waals surface area contributed by atoms with Gasteiger partial charge in [0, 0.05) is 18.5 Å². The molecule has 0 radical (unpaired) electrons. The maximum absolute atomic E-state index is 4.74. The minimum absolute atomic E-state index is 0.333. The number of fused-ring (bicyclic) bond motifs is 1. The number of nitrogens with one attached hydrogen (secondary N) is 3. The molecule has 1 fully saturated rings. The molecule has 1 aliphatic heterocycles. The van der Waals surface area contributed by atoms with Crippen LogP contribution in [-0.2, 0) is 0 Å². The molecule has 0 amide bonds. The highest BCUT2D eigenvalue weighted by molar-refractivity contribution is 7.13. The molecule has 106 valence electrons. The maximum atomic E-state index is 4.74. The molecule has 0 atom stereocenters. The molecule has 4 rings (SSSR count). The van der Waals surface area contributed by atoms with E-state index in [-0.39, 0.29) is 0 Å². The smallest absolute Gasteiger partial charge is 0.172 e. The second-order valence-corrected chi connectivity index (χ2v) is 5.94. The number of thiophene rings is 1. The topological polar surface area (TPSA) is 61.9 Å². The Morgan fingerprint density at radius 1 is 1.05 bits per heavy atom. The van der Waals surface area contributed by atoms with Crippen LogP contribution in [0.3, 0.4) is 0 Å². The molecule has 5 nitrogen and oxygen atoms in total. The Morgan fingerprint density at radius 2 is 1.90 bits per heavy atom. The number of rotatable bonds is 3. The van der Waals surface area contributed by atoms with Crippen LogP contribution in [0.4, 0.5) is 5.82 Å². The van der Waals surface area contributed by atoms with Gasteiger partial charge in [0.2, 0.25) is 0 Å². The number of hydrogen-bond acceptors (Lipinski definition) is 6. The van der Waals surface area contributed by atoms with Crippen molar-refractivity contribution in [2.24, 2.45) is 0 Å². The van der Waals surface area contributed by atoms with Crippen molar-refractivity contribution in [2.45, 2.75) is 6.04 Å². The van der Waals surface area contributed by atoms with Gasteiger partial charge in [0.1, 0.15) is 5.82 Å².